The molecule has 0 bridgehead atoms. The first-order chi connectivity index (χ1) is 10.6. The van der Waals surface area contributed by atoms with Gasteiger partial charge in [-0.2, -0.15) is 5.10 Å². The summed E-state index contributed by atoms with van der Waals surface area (Å²) in [6, 6.07) is 12.2. The minimum absolute atomic E-state index is 0.325. The maximum Gasteiger partial charge on any atom is 0.332 e. The van der Waals surface area contributed by atoms with Gasteiger partial charge in [0.1, 0.15) is 12.4 Å². The highest BCUT2D eigenvalue weighted by molar-refractivity contribution is 9.10. The molecule has 0 radical (unpaired) electrons. The number of hydrogen-bond donors (Lipinski definition) is 2. The van der Waals surface area contributed by atoms with E-state index in [9.17, 15) is 4.79 Å². The number of primary amides is 1. The van der Waals surface area contributed by atoms with Crippen LogP contribution in [0.1, 0.15) is 11.1 Å². The molecule has 0 spiro atoms. The molecule has 3 N–H and O–H groups in total. The Hall–Kier alpha value is -2.05. The number of nitrogens with zero attached hydrogens (tertiary/aromatic N) is 1. The number of hydrogen-bond acceptors (Lipinski definition) is 3. The predicted octanol–water partition coefficient (Wildman–Crippen LogP) is 3.68. The summed E-state index contributed by atoms with van der Waals surface area (Å²) in [5.41, 5.74) is 8.67. The highest BCUT2D eigenvalue weighted by Crippen LogP contribution is 2.24. The zero-order valence-electron chi connectivity index (χ0n) is 11.4. The van der Waals surface area contributed by atoms with Gasteiger partial charge in [-0.1, -0.05) is 45.7 Å². The van der Waals surface area contributed by atoms with Gasteiger partial charge in [0, 0.05) is 20.6 Å². The summed E-state index contributed by atoms with van der Waals surface area (Å²) in [4.78, 5) is 10.6. The number of ether oxygens (including phenoxy) is 1. The fourth-order valence-electron chi connectivity index (χ4n) is 1.69. The number of nitrogens with two attached hydrogens (primary N) is 1. The number of nitrogens with one attached hydrogen (secondary N) is 1. The van der Waals surface area contributed by atoms with Gasteiger partial charge in [-0.05, 0) is 24.3 Å². The molecule has 0 saturated heterocycles. The van der Waals surface area contributed by atoms with Gasteiger partial charge in [0.05, 0.1) is 6.21 Å². The van der Waals surface area contributed by atoms with Crippen LogP contribution in [0.15, 0.2) is 52.0 Å². The van der Waals surface area contributed by atoms with Crippen LogP contribution in [0.3, 0.4) is 0 Å². The third-order valence-corrected chi connectivity index (χ3v) is 3.55. The average molecular weight is 383 g/mol. The normalized spacial score (nSPS) is 10.6. The molecule has 2 amide bonds. The number of benzene rings is 2. The van der Waals surface area contributed by atoms with Crippen molar-refractivity contribution in [3.05, 3.63) is 63.1 Å². The van der Waals surface area contributed by atoms with Gasteiger partial charge < -0.3 is 10.5 Å². The fraction of sp³-hybridized carbons (Fsp3) is 0.0667. The molecule has 0 heterocycles. The Bertz CT molecular complexity index is 707. The Balaban J connectivity index is 2.14. The van der Waals surface area contributed by atoms with E-state index in [2.05, 4.69) is 26.5 Å². The zero-order chi connectivity index (χ0) is 15.9. The minimum atomic E-state index is -0.732. The molecule has 0 atom stereocenters. The lowest BCUT2D eigenvalue weighted by Gasteiger charge is -2.10. The largest absolute Gasteiger partial charge is 0.488 e. The monoisotopic (exact) mass is 381 g/mol. The van der Waals surface area contributed by atoms with Crippen molar-refractivity contribution in [3.63, 3.8) is 0 Å². The number of hydrazone groups is 1. The summed E-state index contributed by atoms with van der Waals surface area (Å²) in [5, 5.41) is 4.38. The molecule has 0 unspecified atom stereocenters. The Morgan fingerprint density at radius 2 is 2.14 bits per heavy atom. The Labute approximate surface area is 141 Å². The summed E-state index contributed by atoms with van der Waals surface area (Å²) < 4.78 is 6.64. The molecule has 22 heavy (non-hydrogen) atoms. The van der Waals surface area contributed by atoms with Crippen LogP contribution in [-0.4, -0.2) is 12.2 Å². The summed E-state index contributed by atoms with van der Waals surface area (Å²) in [7, 11) is 0. The van der Waals surface area contributed by atoms with Crippen molar-refractivity contribution in [2.45, 2.75) is 6.61 Å². The molecule has 7 heteroatoms. The van der Waals surface area contributed by atoms with E-state index >= 15 is 0 Å². The van der Waals surface area contributed by atoms with Crippen LogP contribution >= 0.6 is 27.5 Å². The van der Waals surface area contributed by atoms with Crippen LogP contribution in [0.4, 0.5) is 4.79 Å². The van der Waals surface area contributed by atoms with Crippen LogP contribution < -0.4 is 15.9 Å². The minimum Gasteiger partial charge on any atom is -0.488 e. The quantitative estimate of drug-likeness (QED) is 0.611. The second-order valence-corrected chi connectivity index (χ2v) is 5.62. The molecule has 0 aliphatic carbocycles. The number of halogens is 2. The van der Waals surface area contributed by atoms with E-state index in [4.69, 9.17) is 22.1 Å². The summed E-state index contributed by atoms with van der Waals surface area (Å²) >= 11 is 9.47. The number of carbonyl (C=O) groups excluding carboxylic acids is 1. The van der Waals surface area contributed by atoms with Gasteiger partial charge in [-0.3, -0.25) is 0 Å². The van der Waals surface area contributed by atoms with Crippen LogP contribution in [0.2, 0.25) is 5.02 Å². The highest BCUT2D eigenvalue weighted by atomic mass is 79.9. The second kappa shape index (κ2) is 7.82. The summed E-state index contributed by atoms with van der Waals surface area (Å²) in [5.74, 6) is 0.609. The molecule has 0 aromatic heterocycles. The van der Waals surface area contributed by atoms with Crippen molar-refractivity contribution in [1.29, 1.82) is 0 Å². The molecule has 2 rings (SSSR count). The lowest BCUT2D eigenvalue weighted by Crippen LogP contribution is -2.24. The summed E-state index contributed by atoms with van der Waals surface area (Å²) in [6.07, 6.45) is 1.46. The molecule has 2 aromatic rings. The van der Waals surface area contributed by atoms with E-state index in [0.29, 0.717) is 22.9 Å². The van der Waals surface area contributed by atoms with Crippen molar-refractivity contribution in [2.24, 2.45) is 10.8 Å². The van der Waals surface area contributed by atoms with E-state index in [-0.39, 0.29) is 0 Å². The third kappa shape index (κ3) is 4.75. The maximum absolute atomic E-state index is 10.6. The molecule has 0 fully saturated rings. The van der Waals surface area contributed by atoms with E-state index in [1.54, 1.807) is 12.1 Å². The van der Waals surface area contributed by atoms with Gasteiger partial charge in [0.25, 0.3) is 0 Å². The topological polar surface area (TPSA) is 76.7 Å². The number of urea groups is 1. The number of rotatable bonds is 5. The second-order valence-electron chi connectivity index (χ2n) is 4.30. The van der Waals surface area contributed by atoms with Crippen molar-refractivity contribution in [2.75, 3.05) is 0 Å². The predicted molar refractivity (Wildman–Crippen MR) is 90.2 cm³/mol. The van der Waals surface area contributed by atoms with Crippen LogP contribution in [0, 0.1) is 0 Å². The number of carbonyl (C=O) groups is 1. The molecule has 2 aromatic carbocycles. The molecular weight excluding hydrogens is 370 g/mol. The smallest absolute Gasteiger partial charge is 0.332 e. The first kappa shape index (κ1) is 16.3. The molecule has 5 nitrogen and oxygen atoms in total. The molecule has 114 valence electrons. The lowest BCUT2D eigenvalue weighted by atomic mass is 10.2. The van der Waals surface area contributed by atoms with Crippen LogP contribution in [0.25, 0.3) is 0 Å². The first-order valence-corrected chi connectivity index (χ1v) is 7.47. The average Bonchev–Trinajstić information content (AvgIpc) is 2.47. The van der Waals surface area contributed by atoms with Gasteiger partial charge in [-0.25, -0.2) is 10.2 Å². The maximum atomic E-state index is 10.6. The standard InChI is InChI=1S/C15H13BrClN3O2/c16-12-5-6-14(11(7-12)8-19-20-15(18)21)22-9-10-3-1-2-4-13(10)17/h1-8H,9H2,(H3,18,20,21)/b19-8-. The van der Waals surface area contributed by atoms with E-state index in [1.807, 2.05) is 30.3 Å². The zero-order valence-corrected chi connectivity index (χ0v) is 13.8. The third-order valence-electron chi connectivity index (χ3n) is 2.69. The summed E-state index contributed by atoms with van der Waals surface area (Å²) in [6.45, 7) is 0.325. The molecule has 0 saturated carbocycles. The Morgan fingerprint density at radius 3 is 2.86 bits per heavy atom. The van der Waals surface area contributed by atoms with Gasteiger partial charge >= 0.3 is 6.03 Å². The van der Waals surface area contributed by atoms with Crippen molar-refractivity contribution in [1.82, 2.24) is 5.43 Å². The Kier molecular flexibility index (Phi) is 5.80. The molecule has 0 aliphatic rings. The molecule has 0 aliphatic heterocycles. The van der Waals surface area contributed by atoms with E-state index < -0.39 is 6.03 Å². The highest BCUT2D eigenvalue weighted by Gasteiger charge is 2.05. The first-order valence-electron chi connectivity index (χ1n) is 6.30. The van der Waals surface area contributed by atoms with Crippen molar-refractivity contribution >= 4 is 39.8 Å². The van der Waals surface area contributed by atoms with E-state index in [1.165, 1.54) is 6.21 Å². The van der Waals surface area contributed by atoms with Crippen molar-refractivity contribution < 1.29 is 9.53 Å². The van der Waals surface area contributed by atoms with E-state index in [0.717, 1.165) is 10.0 Å². The molecular formula is C15H13BrClN3O2. The van der Waals surface area contributed by atoms with Gasteiger partial charge in [0.15, 0.2) is 0 Å². The SMILES string of the molecule is NC(=O)N/N=C\c1cc(Br)ccc1OCc1ccccc1Cl. The van der Waals surface area contributed by atoms with Gasteiger partial charge in [-0.15, -0.1) is 0 Å². The Morgan fingerprint density at radius 1 is 1.36 bits per heavy atom. The fourth-order valence-corrected chi connectivity index (χ4v) is 2.26. The van der Waals surface area contributed by atoms with Crippen LogP contribution in [-0.2, 0) is 6.61 Å². The van der Waals surface area contributed by atoms with Gasteiger partial charge in [0.2, 0.25) is 0 Å². The number of amides is 2. The lowest BCUT2D eigenvalue weighted by molar-refractivity contribution is 0.249. The van der Waals surface area contributed by atoms with Crippen LogP contribution in [0.5, 0.6) is 5.75 Å². The van der Waals surface area contributed by atoms with Crippen molar-refractivity contribution in [3.8, 4) is 5.75 Å².